The van der Waals surface area contributed by atoms with Crippen LogP contribution < -0.4 is 4.74 Å². The van der Waals surface area contributed by atoms with Gasteiger partial charge in [0, 0.05) is 36.8 Å². The van der Waals surface area contributed by atoms with E-state index in [9.17, 15) is 9.90 Å². The largest absolute Gasteiger partial charge is 0.492 e. The average Bonchev–Trinajstić information content (AvgIpc) is 2.85. The Balaban J connectivity index is 1.29. The standard InChI is InChI=1S/C29H32N2O3S/c32-29(33)23-31(20-25-10-5-2-6-11-25)21-26-12-7-13-27(18-26)34-16-14-30-15-17-35-28(22-30)19-24-8-3-1-4-9-24/h1-3,5-8,10-13,15,17-18,22H,4,9,14,16,19-21,23H2,(H,32,33). The number of carboxylic acid groups (broad SMARTS) is 1. The normalized spacial score (nSPS) is 15.2. The molecule has 1 N–H and O–H groups in total. The molecule has 0 saturated heterocycles. The predicted molar refractivity (Wildman–Crippen MR) is 143 cm³/mol. The van der Waals surface area contributed by atoms with Gasteiger partial charge >= 0.3 is 5.97 Å². The number of hydrogen-bond donors (Lipinski definition) is 1. The Labute approximate surface area is 212 Å². The number of thioether (sulfide) groups is 1. The third kappa shape index (κ3) is 8.50. The second-order valence-electron chi connectivity index (χ2n) is 8.73. The van der Waals surface area contributed by atoms with E-state index < -0.39 is 5.97 Å². The third-order valence-electron chi connectivity index (χ3n) is 5.81. The molecule has 2 aromatic carbocycles. The van der Waals surface area contributed by atoms with Crippen LogP contribution in [0.15, 0.2) is 101 Å². The molecule has 1 aliphatic carbocycles. The summed E-state index contributed by atoms with van der Waals surface area (Å²) in [7, 11) is 0. The summed E-state index contributed by atoms with van der Waals surface area (Å²) < 4.78 is 6.05. The highest BCUT2D eigenvalue weighted by molar-refractivity contribution is 8.05. The summed E-state index contributed by atoms with van der Waals surface area (Å²) in [6, 6.07) is 17.9. The molecule has 0 fully saturated rings. The number of ether oxygens (including phenoxy) is 1. The van der Waals surface area contributed by atoms with Crippen molar-refractivity contribution in [2.45, 2.75) is 32.4 Å². The molecule has 0 amide bonds. The van der Waals surface area contributed by atoms with E-state index in [-0.39, 0.29) is 6.54 Å². The highest BCUT2D eigenvalue weighted by Gasteiger charge is 2.13. The summed E-state index contributed by atoms with van der Waals surface area (Å²) >= 11 is 1.79. The van der Waals surface area contributed by atoms with Crippen molar-refractivity contribution in [3.8, 4) is 5.75 Å². The zero-order valence-electron chi connectivity index (χ0n) is 19.9. The molecule has 1 aliphatic heterocycles. The lowest BCUT2D eigenvalue weighted by molar-refractivity contribution is -0.138. The van der Waals surface area contributed by atoms with Gasteiger partial charge in [0.15, 0.2) is 0 Å². The Kier molecular flexibility index (Phi) is 9.26. The second-order valence-corrected chi connectivity index (χ2v) is 9.76. The lowest BCUT2D eigenvalue weighted by Crippen LogP contribution is -2.29. The summed E-state index contributed by atoms with van der Waals surface area (Å²) in [6.07, 6.45) is 14.2. The van der Waals surface area contributed by atoms with Crippen LogP contribution in [-0.2, 0) is 17.9 Å². The van der Waals surface area contributed by atoms with Crippen LogP contribution in [0.25, 0.3) is 0 Å². The van der Waals surface area contributed by atoms with Gasteiger partial charge < -0.3 is 14.7 Å². The summed E-state index contributed by atoms with van der Waals surface area (Å²) in [5.74, 6) is -0.0269. The number of carboxylic acids is 1. The quantitative estimate of drug-likeness (QED) is 0.385. The van der Waals surface area contributed by atoms with Gasteiger partial charge in [0.1, 0.15) is 12.4 Å². The van der Waals surface area contributed by atoms with Crippen LogP contribution in [-0.4, -0.2) is 40.6 Å². The molecule has 0 unspecified atom stereocenters. The van der Waals surface area contributed by atoms with Crippen LogP contribution in [0.3, 0.4) is 0 Å². The summed E-state index contributed by atoms with van der Waals surface area (Å²) in [4.78, 5) is 16.9. The summed E-state index contributed by atoms with van der Waals surface area (Å²) in [5.41, 5.74) is 3.61. The highest BCUT2D eigenvalue weighted by atomic mass is 32.2. The Morgan fingerprint density at radius 3 is 2.71 bits per heavy atom. The van der Waals surface area contributed by atoms with Gasteiger partial charge in [-0.15, -0.1) is 0 Å². The summed E-state index contributed by atoms with van der Waals surface area (Å²) in [5, 5.41) is 11.5. The molecule has 2 aliphatic rings. The SMILES string of the molecule is O=C(O)CN(Cc1ccccc1)Cc1cccc(OCCN2C=CSC(CC3=CC=CCC3)=C2)c1. The minimum Gasteiger partial charge on any atom is -0.492 e. The molecular weight excluding hydrogens is 456 g/mol. The van der Waals surface area contributed by atoms with E-state index in [0.29, 0.717) is 19.7 Å². The Hall–Kier alpha value is -3.22. The molecule has 5 nitrogen and oxygen atoms in total. The fraction of sp³-hybridized carbons (Fsp3) is 0.276. The predicted octanol–water partition coefficient (Wildman–Crippen LogP) is 6.18. The minimum absolute atomic E-state index is 0.0128. The van der Waals surface area contributed by atoms with Gasteiger partial charge in [-0.05, 0) is 41.5 Å². The van der Waals surface area contributed by atoms with Crippen molar-refractivity contribution in [1.29, 1.82) is 0 Å². The maximum absolute atomic E-state index is 11.4. The molecule has 0 bridgehead atoms. The molecule has 4 rings (SSSR count). The van der Waals surface area contributed by atoms with Gasteiger partial charge in [-0.1, -0.05) is 78.0 Å². The molecular formula is C29H32N2O3S. The molecule has 0 aromatic heterocycles. The molecule has 1 heterocycles. The molecule has 0 atom stereocenters. The van der Waals surface area contributed by atoms with Crippen LogP contribution in [0.5, 0.6) is 5.75 Å². The van der Waals surface area contributed by atoms with Crippen molar-refractivity contribution >= 4 is 17.7 Å². The molecule has 182 valence electrons. The Morgan fingerprint density at radius 2 is 1.91 bits per heavy atom. The van der Waals surface area contributed by atoms with E-state index in [4.69, 9.17) is 4.74 Å². The fourth-order valence-corrected chi connectivity index (χ4v) is 5.02. The van der Waals surface area contributed by atoms with Gasteiger partial charge in [0.2, 0.25) is 0 Å². The van der Waals surface area contributed by atoms with Crippen molar-refractivity contribution in [1.82, 2.24) is 9.80 Å². The number of aliphatic carboxylic acids is 1. The zero-order chi connectivity index (χ0) is 24.3. The number of nitrogens with zero attached hydrogens (tertiary/aromatic N) is 2. The van der Waals surface area contributed by atoms with Gasteiger partial charge in [-0.25, -0.2) is 0 Å². The van der Waals surface area contributed by atoms with Crippen LogP contribution in [0.2, 0.25) is 0 Å². The topological polar surface area (TPSA) is 53.0 Å². The van der Waals surface area contributed by atoms with Crippen LogP contribution >= 0.6 is 11.8 Å². The molecule has 6 heteroatoms. The van der Waals surface area contributed by atoms with E-state index in [1.165, 1.54) is 10.5 Å². The number of allylic oxidation sites excluding steroid dienone is 5. The lowest BCUT2D eigenvalue weighted by Gasteiger charge is -2.22. The van der Waals surface area contributed by atoms with Crippen molar-refractivity contribution in [2.75, 3.05) is 19.7 Å². The Morgan fingerprint density at radius 1 is 1.09 bits per heavy atom. The lowest BCUT2D eigenvalue weighted by atomic mass is 10.0. The summed E-state index contributed by atoms with van der Waals surface area (Å²) in [6.45, 7) is 2.45. The zero-order valence-corrected chi connectivity index (χ0v) is 20.7. The maximum atomic E-state index is 11.4. The first-order chi connectivity index (χ1) is 17.1. The van der Waals surface area contributed by atoms with Crippen molar-refractivity contribution < 1.29 is 14.6 Å². The third-order valence-corrected chi connectivity index (χ3v) is 6.62. The monoisotopic (exact) mass is 488 g/mol. The number of benzene rings is 2. The average molecular weight is 489 g/mol. The number of carbonyl (C=O) groups is 1. The van der Waals surface area contributed by atoms with E-state index in [2.05, 4.69) is 40.9 Å². The smallest absolute Gasteiger partial charge is 0.317 e. The van der Waals surface area contributed by atoms with E-state index >= 15 is 0 Å². The van der Waals surface area contributed by atoms with Crippen LogP contribution in [0, 0.1) is 0 Å². The van der Waals surface area contributed by atoms with E-state index in [1.54, 1.807) is 11.8 Å². The molecule has 35 heavy (non-hydrogen) atoms. The Bertz CT molecular complexity index is 1110. The fourth-order valence-electron chi connectivity index (χ4n) is 4.17. The van der Waals surface area contributed by atoms with Gasteiger partial charge in [-0.3, -0.25) is 9.69 Å². The first-order valence-electron chi connectivity index (χ1n) is 12.0. The highest BCUT2D eigenvalue weighted by Crippen LogP contribution is 2.31. The number of hydrogen-bond acceptors (Lipinski definition) is 5. The molecule has 0 saturated carbocycles. The van der Waals surface area contributed by atoms with Gasteiger partial charge in [0.25, 0.3) is 0 Å². The van der Waals surface area contributed by atoms with Gasteiger partial charge in [-0.2, -0.15) is 0 Å². The van der Waals surface area contributed by atoms with Crippen molar-refractivity contribution in [3.05, 3.63) is 112 Å². The minimum atomic E-state index is -0.829. The van der Waals surface area contributed by atoms with Crippen molar-refractivity contribution in [3.63, 3.8) is 0 Å². The maximum Gasteiger partial charge on any atom is 0.317 e. The van der Waals surface area contributed by atoms with Gasteiger partial charge in [0.05, 0.1) is 13.1 Å². The molecule has 0 spiro atoms. The van der Waals surface area contributed by atoms with Crippen LogP contribution in [0.4, 0.5) is 0 Å². The first kappa shape index (κ1) is 24.9. The van der Waals surface area contributed by atoms with E-state index in [1.807, 2.05) is 59.5 Å². The van der Waals surface area contributed by atoms with E-state index in [0.717, 1.165) is 42.7 Å². The second kappa shape index (κ2) is 13.0. The van der Waals surface area contributed by atoms with Crippen LogP contribution in [0.1, 0.15) is 30.4 Å². The first-order valence-corrected chi connectivity index (χ1v) is 12.9. The van der Waals surface area contributed by atoms with Crippen molar-refractivity contribution in [2.24, 2.45) is 0 Å². The molecule has 2 aromatic rings. The molecule has 0 radical (unpaired) electrons. The number of rotatable bonds is 12.